The van der Waals surface area contributed by atoms with Crippen molar-refractivity contribution in [1.29, 1.82) is 0 Å². The third-order valence-electron chi connectivity index (χ3n) is 5.42. The summed E-state index contributed by atoms with van der Waals surface area (Å²) in [5, 5.41) is 9.07. The topological polar surface area (TPSA) is 82.8 Å². The van der Waals surface area contributed by atoms with Gasteiger partial charge in [-0.1, -0.05) is 17.7 Å². The fraction of sp³-hybridized carbons (Fsp3) is 0.280. The summed E-state index contributed by atoms with van der Waals surface area (Å²) in [6, 6.07) is 15.1. The largest absolute Gasteiger partial charge is 0.497 e. The van der Waals surface area contributed by atoms with Crippen LogP contribution in [0, 0.1) is 0 Å². The summed E-state index contributed by atoms with van der Waals surface area (Å²) < 4.78 is 20.0. The lowest BCUT2D eigenvalue weighted by Crippen LogP contribution is -2.07. The van der Waals surface area contributed by atoms with Crippen LogP contribution < -0.4 is 14.2 Å². The Morgan fingerprint density at radius 1 is 1.09 bits per heavy atom. The quantitative estimate of drug-likeness (QED) is 0.255. The van der Waals surface area contributed by atoms with Crippen molar-refractivity contribution < 1.29 is 24.1 Å². The molecule has 186 valence electrons. The average molecular weight is 537 g/mol. The predicted octanol–water partition coefficient (Wildman–Crippen LogP) is 5.94. The smallest absolute Gasteiger partial charge is 0.303 e. The Morgan fingerprint density at radius 3 is 2.60 bits per heavy atom. The number of imidazole rings is 1. The molecule has 0 radical (unpaired) electrons. The monoisotopic (exact) mass is 536 g/mol. The van der Waals surface area contributed by atoms with Crippen molar-refractivity contribution in [1.82, 2.24) is 9.55 Å². The molecule has 0 spiro atoms. The number of fused-ring (bicyclic) bond motifs is 1. The summed E-state index contributed by atoms with van der Waals surface area (Å²) in [6.45, 7) is 0.785. The Kier molecular flexibility index (Phi) is 9.26. The van der Waals surface area contributed by atoms with Crippen molar-refractivity contribution in [3.05, 3.63) is 69.1 Å². The number of aromatic nitrogens is 2. The number of carboxylic acids is 1. The summed E-state index contributed by atoms with van der Waals surface area (Å²) in [5.41, 5.74) is 2.73. The number of benzene rings is 2. The molecule has 35 heavy (non-hydrogen) atoms. The van der Waals surface area contributed by atoms with Crippen LogP contribution in [-0.4, -0.2) is 34.3 Å². The molecule has 7 nitrogen and oxygen atoms in total. The number of rotatable bonds is 11. The summed E-state index contributed by atoms with van der Waals surface area (Å²) in [6.07, 6.45) is 1.02. The molecule has 0 aliphatic rings. The molecule has 0 aliphatic carbocycles. The van der Waals surface area contributed by atoms with Gasteiger partial charge in [-0.15, -0.1) is 23.7 Å². The highest BCUT2D eigenvalue weighted by Crippen LogP contribution is 2.29. The number of carboxylic acid groups (broad SMARTS) is 1. The van der Waals surface area contributed by atoms with Crippen LogP contribution in [0.2, 0.25) is 4.34 Å². The predicted molar refractivity (Wildman–Crippen MR) is 140 cm³/mol. The van der Waals surface area contributed by atoms with Gasteiger partial charge in [0, 0.05) is 36.9 Å². The number of aliphatic carboxylic acids is 1. The first-order valence-electron chi connectivity index (χ1n) is 10.8. The molecule has 0 bridgehead atoms. The van der Waals surface area contributed by atoms with Gasteiger partial charge in [-0.05, 0) is 42.3 Å². The van der Waals surface area contributed by atoms with Crippen molar-refractivity contribution in [3.8, 4) is 17.2 Å². The first-order valence-corrected chi connectivity index (χ1v) is 12.0. The summed E-state index contributed by atoms with van der Waals surface area (Å²) >= 11 is 7.46. The SMILES string of the molecule is COc1ccc2nc(CCOc3ccc(CCC(=O)O)c(OCc4ccc(Cl)s4)c3)n(C)c2c1.Cl. The maximum atomic E-state index is 11.0. The Hall–Kier alpha value is -2.94. The number of halogens is 2. The van der Waals surface area contributed by atoms with Gasteiger partial charge in [-0.3, -0.25) is 4.79 Å². The maximum Gasteiger partial charge on any atom is 0.303 e. The number of ether oxygens (including phenoxy) is 3. The highest BCUT2D eigenvalue weighted by molar-refractivity contribution is 7.16. The summed E-state index contributed by atoms with van der Waals surface area (Å²) in [7, 11) is 3.62. The minimum atomic E-state index is -0.851. The van der Waals surface area contributed by atoms with Gasteiger partial charge in [0.2, 0.25) is 0 Å². The van der Waals surface area contributed by atoms with Gasteiger partial charge in [0.1, 0.15) is 29.7 Å². The van der Waals surface area contributed by atoms with Crippen LogP contribution in [0.3, 0.4) is 0 Å². The van der Waals surface area contributed by atoms with Gasteiger partial charge in [0.05, 0.1) is 29.1 Å². The van der Waals surface area contributed by atoms with Crippen LogP contribution in [0.4, 0.5) is 0 Å². The van der Waals surface area contributed by atoms with Gasteiger partial charge >= 0.3 is 5.97 Å². The second-order valence-electron chi connectivity index (χ2n) is 7.70. The standard InChI is InChI=1S/C25H25ClN2O5S.ClH/c1-28-21-13-17(31-2)6-8-20(21)27-24(28)11-12-32-18-5-3-16(4-10-25(29)30)22(14-18)33-15-19-7-9-23(26)34-19;/h3,5-9,13-14H,4,10-12,15H2,1-2H3,(H,29,30);1H. The summed E-state index contributed by atoms with van der Waals surface area (Å²) in [4.78, 5) is 16.7. The van der Waals surface area contributed by atoms with E-state index in [2.05, 4.69) is 0 Å². The van der Waals surface area contributed by atoms with E-state index in [0.717, 1.165) is 33.0 Å². The van der Waals surface area contributed by atoms with E-state index < -0.39 is 5.97 Å². The number of hydrogen-bond donors (Lipinski definition) is 1. The molecule has 0 atom stereocenters. The van der Waals surface area contributed by atoms with Gasteiger partial charge in [0.25, 0.3) is 0 Å². The minimum absolute atomic E-state index is 0. The molecular weight excluding hydrogens is 511 g/mol. The molecule has 2 aromatic carbocycles. The highest BCUT2D eigenvalue weighted by atomic mass is 35.5. The Labute approximate surface area is 218 Å². The number of nitrogens with zero attached hydrogens (tertiary/aromatic N) is 2. The zero-order chi connectivity index (χ0) is 24.1. The molecule has 0 fully saturated rings. The first kappa shape index (κ1) is 26.7. The second kappa shape index (κ2) is 12.2. The van der Waals surface area contributed by atoms with E-state index in [0.29, 0.717) is 41.9 Å². The number of aryl methyl sites for hydroxylation is 2. The Balaban J connectivity index is 0.00000342. The number of methoxy groups -OCH3 is 1. The lowest BCUT2D eigenvalue weighted by molar-refractivity contribution is -0.136. The molecule has 1 N–H and O–H groups in total. The third-order valence-corrected chi connectivity index (χ3v) is 6.63. The molecule has 2 aromatic heterocycles. The average Bonchev–Trinajstić information content (AvgIpc) is 3.39. The van der Waals surface area contributed by atoms with Crippen molar-refractivity contribution >= 4 is 52.3 Å². The Bertz CT molecular complexity index is 1300. The van der Waals surface area contributed by atoms with E-state index in [-0.39, 0.29) is 18.8 Å². The second-order valence-corrected chi connectivity index (χ2v) is 9.50. The van der Waals surface area contributed by atoms with E-state index in [1.165, 1.54) is 11.3 Å². The summed E-state index contributed by atoms with van der Waals surface area (Å²) in [5.74, 6) is 2.11. The molecule has 0 unspecified atom stereocenters. The number of thiophene rings is 1. The van der Waals surface area contributed by atoms with Gasteiger partial charge in [-0.2, -0.15) is 0 Å². The zero-order valence-corrected chi connectivity index (χ0v) is 21.7. The molecule has 0 saturated carbocycles. The lowest BCUT2D eigenvalue weighted by atomic mass is 10.1. The lowest BCUT2D eigenvalue weighted by Gasteiger charge is -2.13. The molecule has 0 aliphatic heterocycles. The molecule has 4 aromatic rings. The zero-order valence-electron chi connectivity index (χ0n) is 19.3. The van der Waals surface area contributed by atoms with Crippen LogP contribution in [-0.2, 0) is 31.3 Å². The van der Waals surface area contributed by atoms with Gasteiger partial charge < -0.3 is 23.9 Å². The Morgan fingerprint density at radius 2 is 1.89 bits per heavy atom. The van der Waals surface area contributed by atoms with E-state index >= 15 is 0 Å². The molecular formula is C25H26Cl2N2O5S. The molecule has 4 rings (SSSR count). The minimum Gasteiger partial charge on any atom is -0.497 e. The molecule has 0 amide bonds. The molecule has 0 saturated heterocycles. The van der Waals surface area contributed by atoms with Crippen molar-refractivity contribution in [2.24, 2.45) is 7.05 Å². The third kappa shape index (κ3) is 6.81. The highest BCUT2D eigenvalue weighted by Gasteiger charge is 2.12. The van der Waals surface area contributed by atoms with Crippen molar-refractivity contribution in [3.63, 3.8) is 0 Å². The van der Waals surface area contributed by atoms with Crippen LogP contribution >= 0.6 is 35.3 Å². The van der Waals surface area contributed by atoms with E-state index in [9.17, 15) is 4.79 Å². The van der Waals surface area contributed by atoms with Crippen LogP contribution in [0.25, 0.3) is 11.0 Å². The van der Waals surface area contributed by atoms with Crippen molar-refractivity contribution in [2.45, 2.75) is 25.9 Å². The first-order chi connectivity index (χ1) is 16.4. The maximum absolute atomic E-state index is 11.0. The molecule has 2 heterocycles. The normalized spacial score (nSPS) is 10.7. The van der Waals surface area contributed by atoms with Crippen LogP contribution in [0.15, 0.2) is 48.5 Å². The molecule has 10 heteroatoms. The van der Waals surface area contributed by atoms with Gasteiger partial charge in [-0.25, -0.2) is 4.98 Å². The van der Waals surface area contributed by atoms with E-state index in [4.69, 9.17) is 35.9 Å². The van der Waals surface area contributed by atoms with Crippen molar-refractivity contribution in [2.75, 3.05) is 13.7 Å². The van der Waals surface area contributed by atoms with E-state index in [1.807, 2.05) is 60.1 Å². The van der Waals surface area contributed by atoms with Gasteiger partial charge in [0.15, 0.2) is 0 Å². The van der Waals surface area contributed by atoms with Crippen LogP contribution in [0.1, 0.15) is 22.7 Å². The fourth-order valence-electron chi connectivity index (χ4n) is 3.62. The number of hydrogen-bond acceptors (Lipinski definition) is 6. The van der Waals surface area contributed by atoms with E-state index in [1.54, 1.807) is 7.11 Å². The fourth-order valence-corrected chi connectivity index (χ4v) is 4.62. The van der Waals surface area contributed by atoms with Crippen LogP contribution in [0.5, 0.6) is 17.2 Å². The number of carbonyl (C=O) groups is 1.